The Morgan fingerprint density at radius 1 is 1.24 bits per heavy atom. The second-order valence-corrected chi connectivity index (χ2v) is 7.52. The number of nitrogens with one attached hydrogen (secondary N) is 1. The van der Waals surface area contributed by atoms with Crippen LogP contribution in [0.15, 0.2) is 24.4 Å². The van der Waals surface area contributed by atoms with Crippen LogP contribution in [0.25, 0.3) is 0 Å². The first kappa shape index (κ1) is 16.6. The van der Waals surface area contributed by atoms with Gasteiger partial charge in [-0.05, 0) is 43.6 Å². The van der Waals surface area contributed by atoms with Crippen LogP contribution in [0, 0.1) is 5.92 Å². The Morgan fingerprint density at radius 3 is 2.62 bits per heavy atom. The number of thioether (sulfide) groups is 1. The summed E-state index contributed by atoms with van der Waals surface area (Å²) in [5, 5.41) is 3.80. The third-order valence-electron chi connectivity index (χ3n) is 3.81. The van der Waals surface area contributed by atoms with E-state index < -0.39 is 0 Å². The zero-order valence-corrected chi connectivity index (χ0v) is 14.4. The number of anilines is 1. The lowest BCUT2D eigenvalue weighted by molar-refractivity contribution is 0.388. The molecule has 118 valence electrons. The van der Waals surface area contributed by atoms with Crippen molar-refractivity contribution >= 4 is 17.6 Å². The Hall–Kier alpha value is -0.740. The number of nitrogens with zero attached hydrogens (tertiary/aromatic N) is 2. The van der Waals surface area contributed by atoms with Crippen molar-refractivity contribution in [3.8, 4) is 0 Å². The molecule has 0 amide bonds. The van der Waals surface area contributed by atoms with E-state index in [0.29, 0.717) is 12.1 Å². The first-order valence-electron chi connectivity index (χ1n) is 8.15. The van der Waals surface area contributed by atoms with E-state index in [1.165, 1.54) is 24.3 Å². The highest BCUT2D eigenvalue weighted by Gasteiger charge is 2.20. The van der Waals surface area contributed by atoms with Gasteiger partial charge in [0.15, 0.2) is 0 Å². The normalized spacial score (nSPS) is 18.2. The first-order valence-corrected chi connectivity index (χ1v) is 9.30. The molecular formula is C17H29N3S. The molecule has 1 aliphatic rings. The third-order valence-corrected chi connectivity index (χ3v) is 5.45. The van der Waals surface area contributed by atoms with Crippen LogP contribution in [0.5, 0.6) is 0 Å². The molecule has 0 unspecified atom stereocenters. The molecule has 2 heterocycles. The van der Waals surface area contributed by atoms with E-state index in [0.717, 1.165) is 24.8 Å². The lowest BCUT2D eigenvalue weighted by atomic mass is 10.0. The molecule has 0 aromatic carbocycles. The number of hydrogen-bond donors (Lipinski definition) is 1. The smallest absolute Gasteiger partial charge is 0.128 e. The van der Waals surface area contributed by atoms with Crippen LogP contribution in [0.1, 0.15) is 33.6 Å². The molecule has 1 aromatic rings. The molecular weight excluding hydrogens is 278 g/mol. The molecule has 0 aliphatic carbocycles. The van der Waals surface area contributed by atoms with Gasteiger partial charge in [0.25, 0.3) is 0 Å². The highest BCUT2D eigenvalue weighted by atomic mass is 32.2. The van der Waals surface area contributed by atoms with Gasteiger partial charge in [0.1, 0.15) is 5.82 Å². The second kappa shape index (κ2) is 8.64. The van der Waals surface area contributed by atoms with E-state index >= 15 is 0 Å². The summed E-state index contributed by atoms with van der Waals surface area (Å²) in [6.45, 7) is 9.12. The molecule has 0 saturated carbocycles. The minimum Gasteiger partial charge on any atom is -0.357 e. The van der Waals surface area contributed by atoms with Crippen molar-refractivity contribution in [2.24, 2.45) is 5.92 Å². The Bertz CT molecular complexity index is 388. The Morgan fingerprint density at radius 2 is 2.00 bits per heavy atom. The van der Waals surface area contributed by atoms with Crippen LogP contribution in [0.2, 0.25) is 0 Å². The SMILES string of the molecule is CC(C)CSC[C@H](C)NC1CCN(c2ccccn2)CC1. The molecule has 4 heteroatoms. The van der Waals surface area contributed by atoms with Crippen LogP contribution in [-0.2, 0) is 0 Å². The molecule has 0 spiro atoms. The van der Waals surface area contributed by atoms with E-state index in [1.807, 2.05) is 12.3 Å². The summed E-state index contributed by atoms with van der Waals surface area (Å²) in [4.78, 5) is 6.85. The van der Waals surface area contributed by atoms with Gasteiger partial charge in [-0.3, -0.25) is 0 Å². The standard InChI is InChI=1S/C17H29N3S/c1-14(2)12-21-13-15(3)19-16-7-10-20(11-8-16)17-6-4-5-9-18-17/h4-6,9,14-16,19H,7-8,10-13H2,1-3H3/t15-/m0/s1. The van der Waals surface area contributed by atoms with E-state index in [4.69, 9.17) is 0 Å². The number of piperidine rings is 1. The molecule has 1 aliphatic heterocycles. The Balaban J connectivity index is 1.67. The monoisotopic (exact) mass is 307 g/mol. The van der Waals surface area contributed by atoms with Crippen LogP contribution in [0.3, 0.4) is 0 Å². The summed E-state index contributed by atoms with van der Waals surface area (Å²) in [6, 6.07) is 7.44. The van der Waals surface area contributed by atoms with Gasteiger partial charge < -0.3 is 10.2 Å². The molecule has 1 fully saturated rings. The zero-order valence-electron chi connectivity index (χ0n) is 13.6. The van der Waals surface area contributed by atoms with Gasteiger partial charge >= 0.3 is 0 Å². The fourth-order valence-corrected chi connectivity index (χ4v) is 3.80. The maximum atomic E-state index is 4.45. The van der Waals surface area contributed by atoms with E-state index in [9.17, 15) is 0 Å². The predicted octanol–water partition coefficient (Wildman–Crippen LogP) is 3.42. The molecule has 0 radical (unpaired) electrons. The van der Waals surface area contributed by atoms with Crippen LogP contribution >= 0.6 is 11.8 Å². The van der Waals surface area contributed by atoms with Gasteiger partial charge in [-0.2, -0.15) is 11.8 Å². The van der Waals surface area contributed by atoms with Gasteiger partial charge in [-0.1, -0.05) is 19.9 Å². The summed E-state index contributed by atoms with van der Waals surface area (Å²) in [6.07, 6.45) is 4.32. The molecule has 1 atom stereocenters. The molecule has 3 nitrogen and oxygen atoms in total. The highest BCUT2D eigenvalue weighted by Crippen LogP contribution is 2.18. The van der Waals surface area contributed by atoms with E-state index in [2.05, 4.69) is 59.9 Å². The third kappa shape index (κ3) is 5.87. The van der Waals surface area contributed by atoms with Crippen molar-refractivity contribution in [1.82, 2.24) is 10.3 Å². The van der Waals surface area contributed by atoms with Crippen LogP contribution < -0.4 is 10.2 Å². The summed E-state index contributed by atoms with van der Waals surface area (Å²) < 4.78 is 0. The lowest BCUT2D eigenvalue weighted by Crippen LogP contribution is -2.46. The van der Waals surface area contributed by atoms with Crippen LogP contribution in [-0.4, -0.2) is 41.7 Å². The number of hydrogen-bond acceptors (Lipinski definition) is 4. The fourth-order valence-electron chi connectivity index (χ4n) is 2.75. The average molecular weight is 308 g/mol. The largest absolute Gasteiger partial charge is 0.357 e. The number of aromatic nitrogens is 1. The summed E-state index contributed by atoms with van der Waals surface area (Å²) in [5.74, 6) is 4.41. The Kier molecular flexibility index (Phi) is 6.84. The average Bonchev–Trinajstić information content (AvgIpc) is 2.48. The van der Waals surface area contributed by atoms with Crippen molar-refractivity contribution in [2.45, 2.75) is 45.7 Å². The van der Waals surface area contributed by atoms with E-state index in [-0.39, 0.29) is 0 Å². The van der Waals surface area contributed by atoms with Crippen molar-refractivity contribution in [1.29, 1.82) is 0 Å². The lowest BCUT2D eigenvalue weighted by Gasteiger charge is -2.34. The van der Waals surface area contributed by atoms with Crippen molar-refractivity contribution in [2.75, 3.05) is 29.5 Å². The summed E-state index contributed by atoms with van der Waals surface area (Å²) >= 11 is 2.07. The number of rotatable bonds is 7. The highest BCUT2D eigenvalue weighted by molar-refractivity contribution is 7.99. The van der Waals surface area contributed by atoms with Gasteiger partial charge in [-0.25, -0.2) is 4.98 Å². The van der Waals surface area contributed by atoms with Crippen LogP contribution in [0.4, 0.5) is 5.82 Å². The van der Waals surface area contributed by atoms with Crippen molar-refractivity contribution in [3.05, 3.63) is 24.4 Å². The summed E-state index contributed by atoms with van der Waals surface area (Å²) in [5.41, 5.74) is 0. The van der Waals surface area contributed by atoms with Gasteiger partial charge in [-0.15, -0.1) is 0 Å². The Labute approximate surface area is 133 Å². The minimum absolute atomic E-state index is 0.611. The summed E-state index contributed by atoms with van der Waals surface area (Å²) in [7, 11) is 0. The topological polar surface area (TPSA) is 28.2 Å². The minimum atomic E-state index is 0.611. The van der Waals surface area contributed by atoms with Crippen molar-refractivity contribution in [3.63, 3.8) is 0 Å². The van der Waals surface area contributed by atoms with Gasteiger partial charge in [0, 0.05) is 37.1 Å². The molecule has 1 saturated heterocycles. The van der Waals surface area contributed by atoms with Crippen molar-refractivity contribution < 1.29 is 0 Å². The van der Waals surface area contributed by atoms with Gasteiger partial charge in [0.2, 0.25) is 0 Å². The molecule has 1 N–H and O–H groups in total. The predicted molar refractivity (Wildman–Crippen MR) is 94.2 cm³/mol. The number of pyridine rings is 1. The maximum Gasteiger partial charge on any atom is 0.128 e. The first-order chi connectivity index (χ1) is 10.1. The maximum absolute atomic E-state index is 4.45. The molecule has 0 bridgehead atoms. The molecule has 1 aromatic heterocycles. The zero-order chi connectivity index (χ0) is 15.1. The quantitative estimate of drug-likeness (QED) is 0.835. The van der Waals surface area contributed by atoms with E-state index in [1.54, 1.807) is 0 Å². The van der Waals surface area contributed by atoms with Gasteiger partial charge in [0.05, 0.1) is 0 Å². The second-order valence-electron chi connectivity index (χ2n) is 6.45. The fraction of sp³-hybridized carbons (Fsp3) is 0.706. The molecule has 21 heavy (non-hydrogen) atoms. The molecule has 2 rings (SSSR count).